The molecule has 3 aromatic rings. The number of rotatable bonds is 6. The standard InChI is InChI=1S/C19H22N6O3/c1-3-28-18(27)14-12-20-23(2)17(14)15(26)10-13-6-9-25-16(11-13)21-19(22-25)24-7-4-5-8-24/h6,9,11-12H,3-5,7-8,10H2,1-2H3. The number of nitrogens with zero attached hydrogens (tertiary/aromatic N) is 6. The molecule has 4 rings (SSSR count). The molecule has 0 aliphatic carbocycles. The molecule has 0 atom stereocenters. The van der Waals surface area contributed by atoms with E-state index in [4.69, 9.17) is 4.74 Å². The van der Waals surface area contributed by atoms with Crippen LogP contribution in [-0.4, -0.2) is 55.8 Å². The van der Waals surface area contributed by atoms with Gasteiger partial charge in [0.15, 0.2) is 11.4 Å². The van der Waals surface area contributed by atoms with Crippen molar-refractivity contribution in [2.75, 3.05) is 24.6 Å². The molecular weight excluding hydrogens is 360 g/mol. The number of ketones is 1. The van der Waals surface area contributed by atoms with Gasteiger partial charge in [-0.05, 0) is 37.5 Å². The van der Waals surface area contributed by atoms with Crippen LogP contribution in [0.25, 0.3) is 5.65 Å². The molecule has 4 heterocycles. The third-order valence-electron chi connectivity index (χ3n) is 4.84. The van der Waals surface area contributed by atoms with Crippen LogP contribution in [0.2, 0.25) is 0 Å². The van der Waals surface area contributed by atoms with Gasteiger partial charge in [-0.3, -0.25) is 9.48 Å². The first-order chi connectivity index (χ1) is 13.6. The minimum atomic E-state index is -0.540. The number of esters is 1. The fourth-order valence-electron chi connectivity index (χ4n) is 3.47. The average molecular weight is 382 g/mol. The molecule has 1 aliphatic heterocycles. The highest BCUT2D eigenvalue weighted by Gasteiger charge is 2.23. The molecule has 0 saturated carbocycles. The number of carbonyl (C=O) groups is 2. The third kappa shape index (κ3) is 3.35. The minimum Gasteiger partial charge on any atom is -0.462 e. The van der Waals surface area contributed by atoms with Gasteiger partial charge in [-0.2, -0.15) is 10.1 Å². The number of ether oxygens (including phenoxy) is 1. The quantitative estimate of drug-likeness (QED) is 0.473. The molecule has 9 heteroatoms. The van der Waals surface area contributed by atoms with Crippen LogP contribution in [0.3, 0.4) is 0 Å². The molecular formula is C19H22N6O3. The number of anilines is 1. The maximum Gasteiger partial charge on any atom is 0.342 e. The van der Waals surface area contributed by atoms with Crippen molar-refractivity contribution < 1.29 is 14.3 Å². The summed E-state index contributed by atoms with van der Waals surface area (Å²) < 4.78 is 8.15. The predicted molar refractivity (Wildman–Crippen MR) is 102 cm³/mol. The fourth-order valence-corrected chi connectivity index (χ4v) is 3.47. The molecule has 0 radical (unpaired) electrons. The molecule has 1 saturated heterocycles. The molecule has 0 N–H and O–H groups in total. The normalized spacial score (nSPS) is 14.0. The van der Waals surface area contributed by atoms with Crippen LogP contribution in [0.15, 0.2) is 24.5 Å². The Bertz CT molecular complexity index is 1030. The second-order valence-corrected chi connectivity index (χ2v) is 6.79. The van der Waals surface area contributed by atoms with E-state index < -0.39 is 5.97 Å². The van der Waals surface area contributed by atoms with Crippen LogP contribution in [0, 0.1) is 0 Å². The molecule has 0 bridgehead atoms. The number of hydrogen-bond donors (Lipinski definition) is 0. The Balaban J connectivity index is 1.57. The Morgan fingerprint density at radius 3 is 2.79 bits per heavy atom. The van der Waals surface area contributed by atoms with Gasteiger partial charge in [-0.1, -0.05) is 0 Å². The van der Waals surface area contributed by atoms with Gasteiger partial charge in [0, 0.05) is 32.8 Å². The van der Waals surface area contributed by atoms with Gasteiger partial charge in [-0.15, -0.1) is 5.10 Å². The molecule has 0 spiro atoms. The smallest absolute Gasteiger partial charge is 0.342 e. The second kappa shape index (κ2) is 7.41. The van der Waals surface area contributed by atoms with E-state index in [0.29, 0.717) is 5.65 Å². The van der Waals surface area contributed by atoms with E-state index in [0.717, 1.165) is 37.4 Å². The van der Waals surface area contributed by atoms with Gasteiger partial charge in [-0.25, -0.2) is 9.31 Å². The zero-order valence-corrected chi connectivity index (χ0v) is 16.0. The minimum absolute atomic E-state index is 0.133. The number of pyridine rings is 1. The summed E-state index contributed by atoms with van der Waals surface area (Å²) >= 11 is 0. The maximum absolute atomic E-state index is 12.9. The highest BCUT2D eigenvalue weighted by molar-refractivity contribution is 6.05. The van der Waals surface area contributed by atoms with Crippen molar-refractivity contribution in [2.45, 2.75) is 26.2 Å². The number of hydrogen-bond acceptors (Lipinski definition) is 7. The zero-order chi connectivity index (χ0) is 19.7. The van der Waals surface area contributed by atoms with E-state index in [1.165, 1.54) is 10.9 Å². The van der Waals surface area contributed by atoms with E-state index in [1.54, 1.807) is 24.7 Å². The Kier molecular flexibility index (Phi) is 4.81. The topological polar surface area (TPSA) is 94.6 Å². The number of Topliss-reactive ketones (excluding diaryl/α,β-unsaturated/α-hetero) is 1. The SMILES string of the molecule is CCOC(=O)c1cnn(C)c1C(=O)Cc1ccn2nc(N3CCCC3)nc2c1. The zero-order valence-electron chi connectivity index (χ0n) is 16.0. The lowest BCUT2D eigenvalue weighted by molar-refractivity contribution is 0.0522. The first kappa shape index (κ1) is 18.1. The molecule has 3 aromatic heterocycles. The molecule has 28 heavy (non-hydrogen) atoms. The van der Waals surface area contributed by atoms with Crippen LogP contribution in [-0.2, 0) is 18.2 Å². The summed E-state index contributed by atoms with van der Waals surface area (Å²) in [6.45, 7) is 3.91. The lowest BCUT2D eigenvalue weighted by atomic mass is 10.1. The van der Waals surface area contributed by atoms with E-state index in [2.05, 4.69) is 20.1 Å². The lowest BCUT2D eigenvalue weighted by Gasteiger charge is -2.10. The number of aryl methyl sites for hydroxylation is 1. The second-order valence-electron chi connectivity index (χ2n) is 6.79. The Hall–Kier alpha value is -3.23. The third-order valence-corrected chi connectivity index (χ3v) is 4.84. The summed E-state index contributed by atoms with van der Waals surface area (Å²) in [5, 5.41) is 8.55. The summed E-state index contributed by atoms with van der Waals surface area (Å²) in [7, 11) is 1.64. The van der Waals surface area contributed by atoms with Crippen molar-refractivity contribution in [1.82, 2.24) is 24.4 Å². The Morgan fingerprint density at radius 1 is 1.25 bits per heavy atom. The van der Waals surface area contributed by atoms with Crippen molar-refractivity contribution >= 4 is 23.3 Å². The van der Waals surface area contributed by atoms with Crippen LogP contribution in [0.4, 0.5) is 5.95 Å². The number of carbonyl (C=O) groups excluding carboxylic acids is 2. The molecule has 0 unspecified atom stereocenters. The van der Waals surface area contributed by atoms with Crippen molar-refractivity contribution in [3.63, 3.8) is 0 Å². The van der Waals surface area contributed by atoms with E-state index >= 15 is 0 Å². The maximum atomic E-state index is 12.9. The Labute approximate surface area is 161 Å². The van der Waals surface area contributed by atoms with Crippen LogP contribution in [0.1, 0.15) is 46.2 Å². The van der Waals surface area contributed by atoms with E-state index in [1.807, 2.05) is 12.1 Å². The summed E-state index contributed by atoms with van der Waals surface area (Å²) in [5.41, 5.74) is 1.93. The monoisotopic (exact) mass is 382 g/mol. The largest absolute Gasteiger partial charge is 0.462 e. The lowest BCUT2D eigenvalue weighted by Crippen LogP contribution is -2.19. The fraction of sp³-hybridized carbons (Fsp3) is 0.421. The molecule has 1 aliphatic rings. The average Bonchev–Trinajstić information content (AvgIpc) is 3.40. The molecule has 0 amide bonds. The van der Waals surface area contributed by atoms with Crippen molar-refractivity contribution in [3.8, 4) is 0 Å². The Morgan fingerprint density at radius 2 is 2.04 bits per heavy atom. The van der Waals surface area contributed by atoms with Gasteiger partial charge < -0.3 is 9.64 Å². The van der Waals surface area contributed by atoms with Crippen LogP contribution in [0.5, 0.6) is 0 Å². The van der Waals surface area contributed by atoms with Gasteiger partial charge in [0.25, 0.3) is 0 Å². The first-order valence-corrected chi connectivity index (χ1v) is 9.39. The first-order valence-electron chi connectivity index (χ1n) is 9.39. The van der Waals surface area contributed by atoms with Gasteiger partial charge in [0.05, 0.1) is 12.8 Å². The van der Waals surface area contributed by atoms with E-state index in [9.17, 15) is 9.59 Å². The molecule has 146 valence electrons. The summed E-state index contributed by atoms with van der Waals surface area (Å²) in [6.07, 6.45) is 5.62. The highest BCUT2D eigenvalue weighted by atomic mass is 16.5. The summed E-state index contributed by atoms with van der Waals surface area (Å²) in [6, 6.07) is 3.69. The van der Waals surface area contributed by atoms with Gasteiger partial charge in [0.2, 0.25) is 5.95 Å². The van der Waals surface area contributed by atoms with Crippen molar-refractivity contribution in [3.05, 3.63) is 41.3 Å². The van der Waals surface area contributed by atoms with Crippen LogP contribution < -0.4 is 4.90 Å². The summed E-state index contributed by atoms with van der Waals surface area (Å²) in [4.78, 5) is 31.7. The van der Waals surface area contributed by atoms with Crippen LogP contribution >= 0.6 is 0 Å². The van der Waals surface area contributed by atoms with Crippen molar-refractivity contribution in [2.24, 2.45) is 7.05 Å². The van der Waals surface area contributed by atoms with Gasteiger partial charge >= 0.3 is 5.97 Å². The van der Waals surface area contributed by atoms with E-state index in [-0.39, 0.29) is 30.1 Å². The number of aromatic nitrogens is 5. The highest BCUT2D eigenvalue weighted by Crippen LogP contribution is 2.19. The van der Waals surface area contributed by atoms with Gasteiger partial charge in [0.1, 0.15) is 11.3 Å². The molecule has 1 fully saturated rings. The molecule has 0 aromatic carbocycles. The van der Waals surface area contributed by atoms with Crippen molar-refractivity contribution in [1.29, 1.82) is 0 Å². The predicted octanol–water partition coefficient (Wildman–Crippen LogP) is 1.67. The number of fused-ring (bicyclic) bond motifs is 1. The molecule has 9 nitrogen and oxygen atoms in total. The summed E-state index contributed by atoms with van der Waals surface area (Å²) in [5.74, 6) is -0.0222.